The van der Waals surface area contributed by atoms with Crippen molar-refractivity contribution in [2.24, 2.45) is 0 Å². The van der Waals surface area contributed by atoms with Crippen molar-refractivity contribution in [3.63, 3.8) is 0 Å². The van der Waals surface area contributed by atoms with E-state index in [0.29, 0.717) is 6.04 Å². The van der Waals surface area contributed by atoms with Crippen LogP contribution < -0.4 is 10.6 Å². The van der Waals surface area contributed by atoms with Gasteiger partial charge in [-0.3, -0.25) is 0 Å². The molecule has 0 saturated heterocycles. The third-order valence-electron chi connectivity index (χ3n) is 3.44. The fourth-order valence-electron chi connectivity index (χ4n) is 2.92. The number of hydrogen-bond donors (Lipinski definition) is 1. The van der Waals surface area contributed by atoms with Gasteiger partial charge >= 0.3 is 0 Å². The van der Waals surface area contributed by atoms with Crippen molar-refractivity contribution in [3.8, 4) is 0 Å². The summed E-state index contributed by atoms with van der Waals surface area (Å²) in [7, 11) is -0.0581. The number of hydrogen-bond acceptors (Lipinski definition) is 1. The van der Waals surface area contributed by atoms with Gasteiger partial charge in [-0.05, 0) is 35.5 Å². The van der Waals surface area contributed by atoms with Crippen LogP contribution in [0.3, 0.4) is 0 Å². The highest BCUT2D eigenvalue weighted by molar-refractivity contribution is 7.67. The fourth-order valence-corrected chi connectivity index (χ4v) is 5.95. The van der Waals surface area contributed by atoms with Gasteiger partial charge < -0.3 is 5.32 Å². The summed E-state index contributed by atoms with van der Waals surface area (Å²) in [6, 6.07) is 7.47. The van der Waals surface area contributed by atoms with Gasteiger partial charge in [0.05, 0.1) is 0 Å². The Morgan fingerprint density at radius 3 is 2.41 bits per heavy atom. The van der Waals surface area contributed by atoms with E-state index in [0.717, 1.165) is 11.3 Å². The largest absolute Gasteiger partial charge is 0.382 e. The van der Waals surface area contributed by atoms with E-state index in [1.54, 1.807) is 5.30 Å². The van der Waals surface area contributed by atoms with Crippen molar-refractivity contribution in [2.45, 2.75) is 58.4 Å². The van der Waals surface area contributed by atoms with Gasteiger partial charge in [-0.1, -0.05) is 53.8 Å². The third-order valence-corrected chi connectivity index (χ3v) is 6.59. The highest BCUT2D eigenvalue weighted by atomic mass is 31.1. The zero-order chi connectivity index (χ0) is 12.6. The smallest absolute Gasteiger partial charge is 0.0453 e. The second-order valence-corrected chi connectivity index (χ2v) is 9.02. The first-order valence-corrected chi connectivity index (χ1v) is 8.15. The van der Waals surface area contributed by atoms with Gasteiger partial charge in [0.25, 0.3) is 0 Å². The van der Waals surface area contributed by atoms with Crippen molar-refractivity contribution < 1.29 is 0 Å². The van der Waals surface area contributed by atoms with Crippen LogP contribution in [0, 0.1) is 0 Å². The Morgan fingerprint density at radius 1 is 1.18 bits per heavy atom. The van der Waals surface area contributed by atoms with Crippen LogP contribution in [0.5, 0.6) is 0 Å². The molecule has 17 heavy (non-hydrogen) atoms. The Hall–Kier alpha value is -0.550. The maximum Gasteiger partial charge on any atom is 0.0453 e. The van der Waals surface area contributed by atoms with Crippen molar-refractivity contribution >= 4 is 18.9 Å². The molecule has 1 nitrogen and oxygen atoms in total. The number of nitrogens with one attached hydrogen (secondary N) is 1. The SMILES string of the molecule is CC1Cc2cccc(P(C(C)C)C(C)C)c2N1. The minimum absolute atomic E-state index is 0.0581. The van der Waals surface area contributed by atoms with Crippen LogP contribution in [-0.4, -0.2) is 17.4 Å². The molecule has 0 aliphatic carbocycles. The summed E-state index contributed by atoms with van der Waals surface area (Å²) in [4.78, 5) is 0. The van der Waals surface area contributed by atoms with E-state index in [2.05, 4.69) is 58.1 Å². The van der Waals surface area contributed by atoms with Gasteiger partial charge in [-0.15, -0.1) is 0 Å². The first-order valence-electron chi connectivity index (χ1n) is 6.67. The van der Waals surface area contributed by atoms with E-state index in [1.165, 1.54) is 17.7 Å². The standard InChI is InChI=1S/C15H24NP/c1-10(2)17(11(3)4)14-8-6-7-13-9-12(5)16-15(13)14/h6-8,10-12,16H,9H2,1-5H3. The van der Waals surface area contributed by atoms with Crippen LogP contribution in [0.1, 0.15) is 40.2 Å². The number of benzene rings is 1. The molecule has 1 aromatic carbocycles. The molecule has 0 amide bonds. The van der Waals surface area contributed by atoms with Crippen LogP contribution >= 0.6 is 7.92 Å². The van der Waals surface area contributed by atoms with Gasteiger partial charge in [0.2, 0.25) is 0 Å². The monoisotopic (exact) mass is 249 g/mol. The van der Waals surface area contributed by atoms with Gasteiger partial charge in [0.15, 0.2) is 0 Å². The van der Waals surface area contributed by atoms with Crippen molar-refractivity contribution in [1.82, 2.24) is 0 Å². The normalized spacial score (nSPS) is 18.9. The molecule has 1 aliphatic heterocycles. The minimum Gasteiger partial charge on any atom is -0.382 e. The molecule has 0 spiro atoms. The Kier molecular flexibility index (Phi) is 3.78. The van der Waals surface area contributed by atoms with E-state index in [4.69, 9.17) is 0 Å². The lowest BCUT2D eigenvalue weighted by Gasteiger charge is -2.28. The van der Waals surface area contributed by atoms with Crippen LogP contribution in [-0.2, 0) is 6.42 Å². The van der Waals surface area contributed by atoms with E-state index < -0.39 is 0 Å². The lowest BCUT2D eigenvalue weighted by atomic mass is 10.1. The van der Waals surface area contributed by atoms with Crippen LogP contribution in [0.25, 0.3) is 0 Å². The predicted molar refractivity (Wildman–Crippen MR) is 80.1 cm³/mol. The topological polar surface area (TPSA) is 12.0 Å². The molecule has 0 bridgehead atoms. The van der Waals surface area contributed by atoms with Crippen molar-refractivity contribution in [2.75, 3.05) is 5.32 Å². The average Bonchev–Trinajstić information content (AvgIpc) is 2.58. The Morgan fingerprint density at radius 2 is 1.82 bits per heavy atom. The fraction of sp³-hybridized carbons (Fsp3) is 0.600. The zero-order valence-electron chi connectivity index (χ0n) is 11.6. The predicted octanol–water partition coefficient (Wildman–Crippen LogP) is 3.97. The zero-order valence-corrected chi connectivity index (χ0v) is 12.5. The lowest BCUT2D eigenvalue weighted by Crippen LogP contribution is -2.19. The van der Waals surface area contributed by atoms with Gasteiger partial charge in [-0.25, -0.2) is 0 Å². The summed E-state index contributed by atoms with van der Waals surface area (Å²) in [5.41, 5.74) is 4.49. The Bertz CT molecular complexity index is 390. The number of anilines is 1. The second-order valence-electron chi connectivity index (χ2n) is 5.66. The molecule has 1 unspecified atom stereocenters. The summed E-state index contributed by atoms with van der Waals surface area (Å²) >= 11 is 0. The van der Waals surface area contributed by atoms with E-state index in [9.17, 15) is 0 Å². The summed E-state index contributed by atoms with van der Waals surface area (Å²) < 4.78 is 0. The van der Waals surface area contributed by atoms with Gasteiger partial charge in [0, 0.05) is 11.7 Å². The summed E-state index contributed by atoms with van der Waals surface area (Å²) in [6.07, 6.45) is 1.18. The molecule has 2 heteroatoms. The molecule has 0 fully saturated rings. The maximum absolute atomic E-state index is 3.67. The summed E-state index contributed by atoms with van der Waals surface area (Å²) in [6.45, 7) is 11.7. The molecular weight excluding hydrogens is 225 g/mol. The number of para-hydroxylation sites is 1. The summed E-state index contributed by atoms with van der Waals surface area (Å²) in [5, 5.41) is 5.26. The lowest BCUT2D eigenvalue weighted by molar-refractivity contribution is 0.839. The first kappa shape index (κ1) is 12.9. The molecule has 0 saturated carbocycles. The maximum atomic E-state index is 3.67. The van der Waals surface area contributed by atoms with Crippen LogP contribution in [0.2, 0.25) is 0 Å². The van der Waals surface area contributed by atoms with Crippen LogP contribution in [0.15, 0.2) is 18.2 Å². The second kappa shape index (κ2) is 4.98. The highest BCUT2D eigenvalue weighted by Gasteiger charge is 2.26. The molecule has 0 radical (unpaired) electrons. The summed E-state index contributed by atoms with van der Waals surface area (Å²) in [5.74, 6) is 0. The molecule has 1 N–H and O–H groups in total. The average molecular weight is 249 g/mol. The number of fused-ring (bicyclic) bond motifs is 1. The van der Waals surface area contributed by atoms with Gasteiger partial charge in [0.1, 0.15) is 0 Å². The Labute approximate surface area is 107 Å². The molecule has 1 atom stereocenters. The third kappa shape index (κ3) is 2.50. The molecular formula is C15H24NP. The quantitative estimate of drug-likeness (QED) is 0.799. The minimum atomic E-state index is -0.0581. The van der Waals surface area contributed by atoms with Crippen molar-refractivity contribution in [1.29, 1.82) is 0 Å². The van der Waals surface area contributed by atoms with Crippen molar-refractivity contribution in [3.05, 3.63) is 23.8 Å². The van der Waals surface area contributed by atoms with Crippen LogP contribution in [0.4, 0.5) is 5.69 Å². The molecule has 0 aromatic heterocycles. The first-order chi connectivity index (χ1) is 8.00. The number of rotatable bonds is 3. The van der Waals surface area contributed by atoms with E-state index in [1.807, 2.05) is 0 Å². The van der Waals surface area contributed by atoms with E-state index >= 15 is 0 Å². The highest BCUT2D eigenvalue weighted by Crippen LogP contribution is 2.48. The molecule has 1 heterocycles. The molecule has 1 aromatic rings. The van der Waals surface area contributed by atoms with E-state index in [-0.39, 0.29) is 7.92 Å². The molecule has 94 valence electrons. The Balaban J connectivity index is 2.42. The van der Waals surface area contributed by atoms with Gasteiger partial charge in [-0.2, -0.15) is 0 Å². The molecule has 2 rings (SSSR count). The molecule has 1 aliphatic rings.